The highest BCUT2D eigenvalue weighted by Crippen LogP contribution is 2.27. The van der Waals surface area contributed by atoms with Crippen molar-refractivity contribution in [3.8, 4) is 5.75 Å². The standard InChI is InChI=1S/C21H23ClFNO4/c1-12(2)16-7-5-13(3)9-19(16)27-11-20(25)28-14(4)21(26)24-18-8-6-15(23)10-17(18)22/h5-10,12,14H,11H2,1-4H3,(H,24,26)/t14-/m0/s1. The van der Waals surface area contributed by atoms with Crippen molar-refractivity contribution >= 4 is 29.2 Å². The first-order valence-corrected chi connectivity index (χ1v) is 9.24. The Morgan fingerprint density at radius 3 is 2.50 bits per heavy atom. The Morgan fingerprint density at radius 1 is 1.14 bits per heavy atom. The first-order chi connectivity index (χ1) is 13.2. The minimum absolute atomic E-state index is 0.0517. The van der Waals surface area contributed by atoms with Crippen molar-refractivity contribution < 1.29 is 23.5 Å². The SMILES string of the molecule is Cc1ccc(C(C)C)c(OCC(=O)O[C@@H](C)C(=O)Nc2ccc(F)cc2Cl)c1. The number of amides is 1. The van der Waals surface area contributed by atoms with Gasteiger partial charge in [-0.2, -0.15) is 0 Å². The van der Waals surface area contributed by atoms with E-state index in [9.17, 15) is 14.0 Å². The van der Waals surface area contributed by atoms with Gasteiger partial charge in [0.2, 0.25) is 0 Å². The number of aryl methyl sites for hydroxylation is 1. The summed E-state index contributed by atoms with van der Waals surface area (Å²) < 4.78 is 23.8. The lowest BCUT2D eigenvalue weighted by atomic mass is 10.0. The quantitative estimate of drug-likeness (QED) is 0.665. The molecule has 1 atom stereocenters. The Labute approximate surface area is 168 Å². The molecule has 7 heteroatoms. The van der Waals surface area contributed by atoms with Crippen molar-refractivity contribution in [3.63, 3.8) is 0 Å². The number of esters is 1. The second-order valence-corrected chi connectivity index (χ2v) is 7.14. The van der Waals surface area contributed by atoms with Gasteiger partial charge in [-0.1, -0.05) is 37.6 Å². The Hall–Kier alpha value is -2.60. The fraction of sp³-hybridized carbons (Fsp3) is 0.333. The highest BCUT2D eigenvalue weighted by atomic mass is 35.5. The molecular formula is C21H23ClFNO4. The van der Waals surface area contributed by atoms with Gasteiger partial charge in [-0.05, 0) is 55.2 Å². The average Bonchev–Trinajstić information content (AvgIpc) is 2.62. The molecule has 0 unspecified atom stereocenters. The van der Waals surface area contributed by atoms with Crippen molar-refractivity contribution in [3.05, 3.63) is 58.4 Å². The number of rotatable bonds is 7. The molecule has 0 spiro atoms. The minimum Gasteiger partial charge on any atom is -0.482 e. The van der Waals surface area contributed by atoms with E-state index in [-0.39, 0.29) is 23.2 Å². The van der Waals surface area contributed by atoms with Gasteiger partial charge in [-0.25, -0.2) is 9.18 Å². The lowest BCUT2D eigenvalue weighted by Gasteiger charge is -2.16. The summed E-state index contributed by atoms with van der Waals surface area (Å²) >= 11 is 5.87. The highest BCUT2D eigenvalue weighted by molar-refractivity contribution is 6.33. The molecule has 0 aliphatic heterocycles. The summed E-state index contributed by atoms with van der Waals surface area (Å²) in [6, 6.07) is 9.38. The van der Waals surface area contributed by atoms with Crippen LogP contribution in [-0.2, 0) is 14.3 Å². The topological polar surface area (TPSA) is 64.6 Å². The molecule has 150 valence electrons. The van der Waals surface area contributed by atoms with Gasteiger partial charge in [-0.15, -0.1) is 0 Å². The molecular weight excluding hydrogens is 385 g/mol. The summed E-state index contributed by atoms with van der Waals surface area (Å²) in [6.07, 6.45) is -1.07. The molecule has 0 saturated carbocycles. The zero-order chi connectivity index (χ0) is 20.8. The molecule has 5 nitrogen and oxygen atoms in total. The summed E-state index contributed by atoms with van der Waals surface area (Å²) in [5.74, 6) is -0.931. The third kappa shape index (κ3) is 5.96. The lowest BCUT2D eigenvalue weighted by molar-refractivity contribution is -0.155. The molecule has 0 bridgehead atoms. The van der Waals surface area contributed by atoms with Gasteiger partial charge in [0.05, 0.1) is 10.7 Å². The number of benzene rings is 2. The van der Waals surface area contributed by atoms with Crippen LogP contribution in [-0.4, -0.2) is 24.6 Å². The van der Waals surface area contributed by atoms with Crippen LogP contribution < -0.4 is 10.1 Å². The number of carbonyl (C=O) groups excluding carboxylic acids is 2. The van der Waals surface area contributed by atoms with Gasteiger partial charge in [0.1, 0.15) is 11.6 Å². The Balaban J connectivity index is 1.92. The second kappa shape index (κ2) is 9.55. The third-order valence-electron chi connectivity index (χ3n) is 4.00. The average molecular weight is 408 g/mol. The van der Waals surface area contributed by atoms with Gasteiger partial charge in [0.15, 0.2) is 12.7 Å². The van der Waals surface area contributed by atoms with Gasteiger partial charge in [0, 0.05) is 0 Å². The molecule has 0 saturated heterocycles. The summed E-state index contributed by atoms with van der Waals surface area (Å²) in [4.78, 5) is 24.2. The lowest BCUT2D eigenvalue weighted by Crippen LogP contribution is -2.31. The zero-order valence-corrected chi connectivity index (χ0v) is 17.0. The van der Waals surface area contributed by atoms with E-state index in [2.05, 4.69) is 5.32 Å². The molecule has 2 aromatic carbocycles. The van der Waals surface area contributed by atoms with Crippen LogP contribution in [0.15, 0.2) is 36.4 Å². The first-order valence-electron chi connectivity index (χ1n) is 8.86. The first kappa shape index (κ1) is 21.7. The molecule has 2 aromatic rings. The molecule has 0 aromatic heterocycles. The summed E-state index contributed by atoms with van der Waals surface area (Å²) in [5.41, 5.74) is 2.22. The summed E-state index contributed by atoms with van der Waals surface area (Å²) in [5, 5.41) is 2.54. The summed E-state index contributed by atoms with van der Waals surface area (Å²) in [6.45, 7) is 7.10. The molecule has 1 amide bonds. The maximum atomic E-state index is 13.1. The van der Waals surface area contributed by atoms with Crippen molar-refractivity contribution in [2.45, 2.75) is 39.7 Å². The molecule has 0 aliphatic carbocycles. The molecule has 0 aliphatic rings. The van der Waals surface area contributed by atoms with Gasteiger partial charge < -0.3 is 14.8 Å². The van der Waals surface area contributed by atoms with Crippen LogP contribution in [0.3, 0.4) is 0 Å². The smallest absolute Gasteiger partial charge is 0.344 e. The van der Waals surface area contributed by atoms with Crippen LogP contribution in [0, 0.1) is 12.7 Å². The van der Waals surface area contributed by atoms with Crippen LogP contribution in [0.25, 0.3) is 0 Å². The fourth-order valence-corrected chi connectivity index (χ4v) is 2.70. The van der Waals surface area contributed by atoms with Gasteiger partial charge in [0.25, 0.3) is 5.91 Å². The van der Waals surface area contributed by atoms with E-state index in [4.69, 9.17) is 21.1 Å². The highest BCUT2D eigenvalue weighted by Gasteiger charge is 2.20. The van der Waals surface area contributed by atoms with E-state index in [1.54, 1.807) is 0 Å². The number of halogens is 2. The van der Waals surface area contributed by atoms with Crippen molar-refractivity contribution in [2.24, 2.45) is 0 Å². The minimum atomic E-state index is -1.07. The molecule has 0 radical (unpaired) electrons. The number of hydrogen-bond acceptors (Lipinski definition) is 4. The number of carbonyl (C=O) groups is 2. The second-order valence-electron chi connectivity index (χ2n) is 6.73. The number of hydrogen-bond donors (Lipinski definition) is 1. The van der Waals surface area contributed by atoms with Gasteiger partial charge in [-0.3, -0.25) is 4.79 Å². The largest absolute Gasteiger partial charge is 0.482 e. The van der Waals surface area contributed by atoms with E-state index < -0.39 is 23.8 Å². The van der Waals surface area contributed by atoms with E-state index in [0.29, 0.717) is 5.75 Å². The van der Waals surface area contributed by atoms with Crippen LogP contribution >= 0.6 is 11.6 Å². The normalized spacial score (nSPS) is 11.8. The van der Waals surface area contributed by atoms with Crippen LogP contribution in [0.5, 0.6) is 5.75 Å². The van der Waals surface area contributed by atoms with Crippen molar-refractivity contribution in [1.82, 2.24) is 0 Å². The maximum absolute atomic E-state index is 13.1. The van der Waals surface area contributed by atoms with Crippen LogP contribution in [0.1, 0.15) is 37.8 Å². The Kier molecular flexibility index (Phi) is 7.40. The number of anilines is 1. The Morgan fingerprint density at radius 2 is 1.86 bits per heavy atom. The zero-order valence-electron chi connectivity index (χ0n) is 16.2. The maximum Gasteiger partial charge on any atom is 0.344 e. The van der Waals surface area contributed by atoms with E-state index in [0.717, 1.165) is 17.2 Å². The molecule has 0 fully saturated rings. The Bertz CT molecular complexity index is 869. The van der Waals surface area contributed by atoms with E-state index in [1.165, 1.54) is 19.1 Å². The third-order valence-corrected chi connectivity index (χ3v) is 4.32. The van der Waals surface area contributed by atoms with E-state index in [1.807, 2.05) is 39.0 Å². The van der Waals surface area contributed by atoms with Crippen molar-refractivity contribution in [2.75, 3.05) is 11.9 Å². The molecule has 1 N–H and O–H groups in total. The number of ether oxygens (including phenoxy) is 2. The predicted molar refractivity (Wildman–Crippen MR) is 106 cm³/mol. The molecule has 2 rings (SSSR count). The fourth-order valence-electron chi connectivity index (χ4n) is 2.49. The van der Waals surface area contributed by atoms with Crippen LogP contribution in [0.4, 0.5) is 10.1 Å². The predicted octanol–water partition coefficient (Wildman–Crippen LogP) is 4.86. The molecule has 0 heterocycles. The monoisotopic (exact) mass is 407 g/mol. The summed E-state index contributed by atoms with van der Waals surface area (Å²) in [7, 11) is 0. The van der Waals surface area contributed by atoms with Crippen molar-refractivity contribution in [1.29, 1.82) is 0 Å². The van der Waals surface area contributed by atoms with Gasteiger partial charge >= 0.3 is 5.97 Å². The van der Waals surface area contributed by atoms with E-state index >= 15 is 0 Å². The van der Waals surface area contributed by atoms with Crippen LogP contribution in [0.2, 0.25) is 5.02 Å². The molecule has 28 heavy (non-hydrogen) atoms. The number of nitrogens with one attached hydrogen (secondary N) is 1.